The molecule has 3 aromatic rings. The van der Waals surface area contributed by atoms with Crippen LogP contribution in [-0.4, -0.2) is 39.9 Å². The maximum absolute atomic E-state index is 12.3. The van der Waals surface area contributed by atoms with Gasteiger partial charge >= 0.3 is 0 Å². The minimum Gasteiger partial charge on any atom is -0.496 e. The molecule has 1 saturated heterocycles. The zero-order valence-corrected chi connectivity index (χ0v) is 18.8. The summed E-state index contributed by atoms with van der Waals surface area (Å²) in [4.78, 5) is 14.8. The lowest BCUT2D eigenvalue weighted by Crippen LogP contribution is -2.34. The van der Waals surface area contributed by atoms with Gasteiger partial charge in [-0.2, -0.15) is 5.10 Å². The number of aryl methyl sites for hydroxylation is 1. The Bertz CT molecular complexity index is 1110. The monoisotopic (exact) mass is 428 g/mol. The van der Waals surface area contributed by atoms with Crippen molar-refractivity contribution in [3.63, 3.8) is 0 Å². The molecule has 0 unspecified atom stereocenters. The lowest BCUT2D eigenvalue weighted by atomic mass is 9.86. The predicted octanol–water partition coefficient (Wildman–Crippen LogP) is 4.46. The smallest absolute Gasteiger partial charge is 0.276 e. The number of methoxy groups -OCH3 is 1. The zero-order valence-electron chi connectivity index (χ0n) is 18.0. The van der Waals surface area contributed by atoms with Crippen molar-refractivity contribution in [3.8, 4) is 16.9 Å². The first kappa shape index (κ1) is 20.9. The molecular formula is C23H29ClN4O2. The molecule has 1 fully saturated rings. The number of H-pyrrole nitrogens is 1. The molecular weight excluding hydrogens is 400 g/mol. The van der Waals surface area contributed by atoms with Gasteiger partial charge in [-0.3, -0.25) is 14.8 Å². The molecule has 7 heteroatoms. The Hall–Kier alpha value is -2.31. The summed E-state index contributed by atoms with van der Waals surface area (Å²) in [6.07, 6.45) is 5.96. The van der Waals surface area contributed by atoms with Crippen LogP contribution in [0, 0.1) is 11.8 Å². The summed E-state index contributed by atoms with van der Waals surface area (Å²) in [5.74, 6) is 2.32. The standard InChI is InChI=1S/C23H29ClN4O2/c1-14(2)15-5-7-28(8-6-15)13-19-20(24)9-16(10-21(19)30-4)18-12-27(3)23(29)22-17(18)11-25-26-22/h9-12,14-15H,5-8,13H2,1-4H3,(H,25,26). The third kappa shape index (κ3) is 3.86. The largest absolute Gasteiger partial charge is 0.496 e. The first-order chi connectivity index (χ1) is 14.4. The number of halogens is 1. The fourth-order valence-corrected chi connectivity index (χ4v) is 4.76. The van der Waals surface area contributed by atoms with Crippen molar-refractivity contribution in [1.82, 2.24) is 19.7 Å². The molecule has 6 nitrogen and oxygen atoms in total. The number of nitrogens with zero attached hydrogens (tertiary/aromatic N) is 3. The number of nitrogens with one attached hydrogen (secondary N) is 1. The minimum absolute atomic E-state index is 0.106. The van der Waals surface area contributed by atoms with Gasteiger partial charge in [0.25, 0.3) is 5.56 Å². The molecule has 3 heterocycles. The number of aromatic nitrogens is 3. The van der Waals surface area contributed by atoms with Gasteiger partial charge in [-0.15, -0.1) is 0 Å². The van der Waals surface area contributed by atoms with Crippen molar-refractivity contribution in [2.75, 3.05) is 20.2 Å². The predicted molar refractivity (Wildman–Crippen MR) is 121 cm³/mol. The minimum atomic E-state index is -0.106. The molecule has 1 N–H and O–H groups in total. The van der Waals surface area contributed by atoms with E-state index in [0.717, 1.165) is 59.3 Å². The van der Waals surface area contributed by atoms with Crippen molar-refractivity contribution in [3.05, 3.63) is 45.5 Å². The average molecular weight is 429 g/mol. The number of likely N-dealkylation sites (tertiary alicyclic amines) is 1. The Labute approximate surface area is 181 Å². The second-order valence-corrected chi connectivity index (χ2v) is 9.02. The van der Waals surface area contributed by atoms with Gasteiger partial charge in [0.05, 0.1) is 13.3 Å². The van der Waals surface area contributed by atoms with Crippen LogP contribution in [-0.2, 0) is 13.6 Å². The van der Waals surface area contributed by atoms with Gasteiger partial charge in [0.2, 0.25) is 0 Å². The Morgan fingerprint density at radius 2 is 2.03 bits per heavy atom. The summed E-state index contributed by atoms with van der Waals surface area (Å²) in [6.45, 7) is 7.58. The van der Waals surface area contributed by atoms with Gasteiger partial charge in [-0.25, -0.2) is 0 Å². The van der Waals surface area contributed by atoms with Gasteiger partial charge in [-0.1, -0.05) is 25.4 Å². The van der Waals surface area contributed by atoms with Crippen LogP contribution in [0.3, 0.4) is 0 Å². The third-order valence-corrected chi connectivity index (χ3v) is 6.77. The lowest BCUT2D eigenvalue weighted by molar-refractivity contribution is 0.151. The molecule has 0 amide bonds. The van der Waals surface area contributed by atoms with E-state index in [1.165, 1.54) is 12.8 Å². The van der Waals surface area contributed by atoms with Crippen LogP contribution < -0.4 is 10.3 Å². The van der Waals surface area contributed by atoms with E-state index in [-0.39, 0.29) is 5.56 Å². The number of fused-ring (bicyclic) bond motifs is 1. The number of hydrogen-bond acceptors (Lipinski definition) is 4. The molecule has 0 atom stereocenters. The van der Waals surface area contributed by atoms with Crippen molar-refractivity contribution >= 4 is 22.5 Å². The van der Waals surface area contributed by atoms with E-state index < -0.39 is 0 Å². The summed E-state index contributed by atoms with van der Waals surface area (Å²) in [6, 6.07) is 3.97. The Morgan fingerprint density at radius 3 is 2.70 bits per heavy atom. The number of ether oxygens (including phenoxy) is 1. The summed E-state index contributed by atoms with van der Waals surface area (Å²) < 4.78 is 7.29. The van der Waals surface area contributed by atoms with Crippen LogP contribution in [0.25, 0.3) is 22.0 Å². The highest BCUT2D eigenvalue weighted by atomic mass is 35.5. The maximum atomic E-state index is 12.3. The lowest BCUT2D eigenvalue weighted by Gasteiger charge is -2.34. The average Bonchev–Trinajstić information content (AvgIpc) is 3.22. The van der Waals surface area contributed by atoms with Crippen molar-refractivity contribution in [2.45, 2.75) is 33.2 Å². The molecule has 0 saturated carbocycles. The van der Waals surface area contributed by atoms with E-state index in [1.807, 2.05) is 18.3 Å². The molecule has 0 radical (unpaired) electrons. The van der Waals surface area contributed by atoms with Crippen molar-refractivity contribution in [1.29, 1.82) is 0 Å². The fourth-order valence-electron chi connectivity index (χ4n) is 4.49. The van der Waals surface area contributed by atoms with E-state index in [0.29, 0.717) is 10.5 Å². The summed E-state index contributed by atoms with van der Waals surface area (Å²) in [7, 11) is 3.41. The Morgan fingerprint density at radius 1 is 1.30 bits per heavy atom. The van der Waals surface area contributed by atoms with Crippen LogP contribution >= 0.6 is 11.6 Å². The van der Waals surface area contributed by atoms with Crippen LogP contribution in [0.1, 0.15) is 32.3 Å². The number of benzene rings is 1. The van der Waals surface area contributed by atoms with Crippen molar-refractivity contribution < 1.29 is 4.74 Å². The Kier molecular flexibility index (Phi) is 5.89. The topological polar surface area (TPSA) is 63.1 Å². The number of piperidine rings is 1. The van der Waals surface area contributed by atoms with Crippen molar-refractivity contribution in [2.24, 2.45) is 18.9 Å². The number of hydrogen-bond donors (Lipinski definition) is 1. The van der Waals surface area contributed by atoms with E-state index in [9.17, 15) is 4.79 Å². The summed E-state index contributed by atoms with van der Waals surface area (Å²) in [5, 5.41) is 8.32. The van der Waals surface area contributed by atoms with Gasteiger partial charge in [0.15, 0.2) is 0 Å². The van der Waals surface area contributed by atoms with Crippen LogP contribution in [0.15, 0.2) is 29.3 Å². The Balaban J connectivity index is 1.67. The van der Waals surface area contributed by atoms with Gasteiger partial charge in [0, 0.05) is 41.3 Å². The second-order valence-electron chi connectivity index (χ2n) is 8.61. The third-order valence-electron chi connectivity index (χ3n) is 6.43. The van der Waals surface area contributed by atoms with E-state index in [2.05, 4.69) is 28.9 Å². The zero-order chi connectivity index (χ0) is 21.4. The molecule has 0 aliphatic carbocycles. The molecule has 1 aromatic carbocycles. The molecule has 0 spiro atoms. The first-order valence-corrected chi connectivity index (χ1v) is 10.9. The molecule has 30 heavy (non-hydrogen) atoms. The number of aromatic amines is 1. The normalized spacial score (nSPS) is 15.9. The quantitative estimate of drug-likeness (QED) is 0.651. The highest BCUT2D eigenvalue weighted by Crippen LogP contribution is 2.37. The van der Waals surface area contributed by atoms with E-state index >= 15 is 0 Å². The summed E-state index contributed by atoms with van der Waals surface area (Å²) >= 11 is 6.76. The number of pyridine rings is 1. The highest BCUT2D eigenvalue weighted by Gasteiger charge is 2.23. The SMILES string of the molecule is COc1cc(-c2cn(C)c(=O)c3[nH]ncc23)cc(Cl)c1CN1CCC(C(C)C)CC1. The molecule has 4 rings (SSSR count). The first-order valence-electron chi connectivity index (χ1n) is 10.5. The molecule has 2 aromatic heterocycles. The molecule has 1 aliphatic heterocycles. The number of rotatable bonds is 5. The fraction of sp³-hybridized carbons (Fsp3) is 0.478. The van der Waals surface area contributed by atoms with Crippen LogP contribution in [0.2, 0.25) is 5.02 Å². The van der Waals surface area contributed by atoms with Crippen LogP contribution in [0.4, 0.5) is 0 Å². The van der Waals surface area contributed by atoms with Crippen LogP contribution in [0.5, 0.6) is 5.75 Å². The van der Waals surface area contributed by atoms with E-state index in [1.54, 1.807) is 24.9 Å². The van der Waals surface area contributed by atoms with Gasteiger partial charge in [-0.05, 0) is 55.5 Å². The molecule has 0 bridgehead atoms. The molecule has 1 aliphatic rings. The molecule has 160 valence electrons. The van der Waals surface area contributed by atoms with Gasteiger partial charge in [0.1, 0.15) is 11.3 Å². The summed E-state index contributed by atoms with van der Waals surface area (Å²) in [5.41, 5.74) is 3.19. The highest BCUT2D eigenvalue weighted by molar-refractivity contribution is 6.32. The van der Waals surface area contributed by atoms with E-state index in [4.69, 9.17) is 16.3 Å². The maximum Gasteiger partial charge on any atom is 0.276 e. The van der Waals surface area contributed by atoms with Gasteiger partial charge < -0.3 is 9.30 Å². The second kappa shape index (κ2) is 8.44.